The van der Waals surface area contributed by atoms with Gasteiger partial charge in [0.1, 0.15) is 0 Å². The molecule has 1 heterocycles. The normalized spacial score (nSPS) is 18.0. The summed E-state index contributed by atoms with van der Waals surface area (Å²) in [4.78, 5) is 0. The van der Waals surface area contributed by atoms with Crippen LogP contribution in [0, 0.1) is 5.92 Å². The van der Waals surface area contributed by atoms with E-state index in [9.17, 15) is 5.11 Å². The lowest BCUT2D eigenvalue weighted by Gasteiger charge is -2.21. The van der Waals surface area contributed by atoms with E-state index >= 15 is 0 Å². The Morgan fingerprint density at radius 2 is 1.90 bits per heavy atom. The van der Waals surface area contributed by atoms with Crippen molar-refractivity contribution < 1.29 is 5.11 Å². The largest absolute Gasteiger partial charge is 0.392 e. The zero-order chi connectivity index (χ0) is 14.4. The molecule has 1 aromatic rings. The number of rotatable bonds is 8. The molecule has 1 aromatic heterocycles. The Labute approximate surface area is 123 Å². The van der Waals surface area contributed by atoms with E-state index in [4.69, 9.17) is 5.10 Å². The van der Waals surface area contributed by atoms with Gasteiger partial charge >= 0.3 is 0 Å². The molecule has 0 saturated heterocycles. The predicted molar refractivity (Wildman–Crippen MR) is 82.7 cm³/mol. The van der Waals surface area contributed by atoms with Crippen LogP contribution in [0.1, 0.15) is 76.9 Å². The summed E-state index contributed by atoms with van der Waals surface area (Å²) in [7, 11) is 0. The highest BCUT2D eigenvalue weighted by Gasteiger charge is 2.21. The average Bonchev–Trinajstić information content (AvgIpc) is 3.08. The third kappa shape index (κ3) is 4.08. The van der Waals surface area contributed by atoms with Crippen LogP contribution in [0.2, 0.25) is 0 Å². The summed E-state index contributed by atoms with van der Waals surface area (Å²) in [6, 6.07) is 2.69. The van der Waals surface area contributed by atoms with Crippen LogP contribution in [-0.2, 0) is 6.42 Å². The highest BCUT2D eigenvalue weighted by atomic mass is 16.3. The second-order valence-electron chi connectivity index (χ2n) is 6.33. The summed E-state index contributed by atoms with van der Waals surface area (Å²) >= 11 is 0. The van der Waals surface area contributed by atoms with Gasteiger partial charge in [-0.25, -0.2) is 0 Å². The Morgan fingerprint density at radius 3 is 2.50 bits per heavy atom. The van der Waals surface area contributed by atoms with E-state index < -0.39 is 0 Å². The van der Waals surface area contributed by atoms with Crippen LogP contribution in [0.3, 0.4) is 0 Å². The van der Waals surface area contributed by atoms with Gasteiger partial charge in [-0.1, -0.05) is 39.5 Å². The minimum Gasteiger partial charge on any atom is -0.392 e. The molecular weight excluding hydrogens is 248 g/mol. The number of hydrogen-bond donors (Lipinski definition) is 1. The minimum absolute atomic E-state index is 0.234. The highest BCUT2D eigenvalue weighted by molar-refractivity contribution is 5.02. The third-order valence-corrected chi connectivity index (χ3v) is 4.64. The van der Waals surface area contributed by atoms with E-state index in [2.05, 4.69) is 30.8 Å². The zero-order valence-electron chi connectivity index (χ0n) is 13.1. The van der Waals surface area contributed by atoms with Gasteiger partial charge in [-0.3, -0.25) is 4.68 Å². The van der Waals surface area contributed by atoms with Gasteiger partial charge in [0.2, 0.25) is 0 Å². The molecule has 0 bridgehead atoms. The third-order valence-electron chi connectivity index (χ3n) is 4.64. The summed E-state index contributed by atoms with van der Waals surface area (Å²) in [6.07, 6.45) is 12.3. The Bertz CT molecular complexity index is 376. The average molecular weight is 278 g/mol. The molecule has 1 N–H and O–H groups in total. The van der Waals surface area contributed by atoms with Gasteiger partial charge in [0.15, 0.2) is 0 Å². The van der Waals surface area contributed by atoms with Gasteiger partial charge in [-0.15, -0.1) is 0 Å². The van der Waals surface area contributed by atoms with Crippen LogP contribution in [0.5, 0.6) is 0 Å². The van der Waals surface area contributed by atoms with Gasteiger partial charge in [-0.05, 0) is 37.7 Å². The fraction of sp³-hybridized carbons (Fsp3) is 0.824. The molecular formula is C17H30N2O. The number of aliphatic hydroxyl groups is 1. The van der Waals surface area contributed by atoms with Crippen molar-refractivity contribution in [1.29, 1.82) is 0 Å². The van der Waals surface area contributed by atoms with Crippen LogP contribution in [0.15, 0.2) is 12.3 Å². The van der Waals surface area contributed by atoms with Crippen molar-refractivity contribution >= 4 is 0 Å². The first-order chi connectivity index (χ1) is 9.74. The van der Waals surface area contributed by atoms with Crippen molar-refractivity contribution in [3.63, 3.8) is 0 Å². The van der Waals surface area contributed by atoms with Crippen molar-refractivity contribution in [1.82, 2.24) is 9.78 Å². The molecule has 0 amide bonds. The van der Waals surface area contributed by atoms with E-state index in [0.717, 1.165) is 31.4 Å². The molecule has 3 nitrogen and oxygen atoms in total. The molecule has 3 heteroatoms. The summed E-state index contributed by atoms with van der Waals surface area (Å²) in [5.41, 5.74) is 1.06. The molecule has 0 radical (unpaired) electrons. The lowest BCUT2D eigenvalue weighted by molar-refractivity contribution is 0.0952. The van der Waals surface area contributed by atoms with E-state index in [1.165, 1.54) is 25.7 Å². The maximum Gasteiger partial charge on any atom is 0.0650 e. The molecule has 0 aliphatic heterocycles. The molecule has 1 atom stereocenters. The van der Waals surface area contributed by atoms with Gasteiger partial charge in [-0.2, -0.15) is 5.10 Å². The molecule has 1 aliphatic carbocycles. The fourth-order valence-corrected chi connectivity index (χ4v) is 3.51. The molecule has 1 unspecified atom stereocenters. The molecule has 0 aromatic carbocycles. The van der Waals surface area contributed by atoms with Crippen LogP contribution < -0.4 is 0 Å². The first-order valence-electron chi connectivity index (χ1n) is 8.46. The summed E-state index contributed by atoms with van der Waals surface area (Å²) in [6.45, 7) is 4.40. The Kier molecular flexibility index (Phi) is 6.08. The van der Waals surface area contributed by atoms with Crippen LogP contribution in [0.25, 0.3) is 0 Å². The molecule has 1 saturated carbocycles. The monoisotopic (exact) mass is 278 g/mol. The molecule has 114 valence electrons. The van der Waals surface area contributed by atoms with Crippen LogP contribution in [-0.4, -0.2) is 21.0 Å². The van der Waals surface area contributed by atoms with Crippen LogP contribution >= 0.6 is 0 Å². The van der Waals surface area contributed by atoms with E-state index in [1.807, 2.05) is 0 Å². The zero-order valence-corrected chi connectivity index (χ0v) is 13.1. The topological polar surface area (TPSA) is 38.0 Å². The van der Waals surface area contributed by atoms with Crippen molar-refractivity contribution in [2.24, 2.45) is 5.92 Å². The first-order valence-corrected chi connectivity index (χ1v) is 8.46. The smallest absolute Gasteiger partial charge is 0.0650 e. The second-order valence-corrected chi connectivity index (χ2v) is 6.33. The molecule has 2 rings (SSSR count). The summed E-state index contributed by atoms with van der Waals surface area (Å²) in [5, 5.41) is 15.1. The Balaban J connectivity index is 1.91. The quantitative estimate of drug-likeness (QED) is 0.777. The van der Waals surface area contributed by atoms with E-state index in [1.54, 1.807) is 0 Å². The maximum absolute atomic E-state index is 10.4. The summed E-state index contributed by atoms with van der Waals surface area (Å²) in [5.74, 6) is 0.432. The van der Waals surface area contributed by atoms with Crippen molar-refractivity contribution in [3.05, 3.63) is 18.0 Å². The molecule has 0 spiro atoms. The summed E-state index contributed by atoms with van der Waals surface area (Å²) < 4.78 is 2.13. The Morgan fingerprint density at radius 1 is 1.25 bits per heavy atom. The van der Waals surface area contributed by atoms with Crippen molar-refractivity contribution in [2.45, 2.75) is 83.8 Å². The van der Waals surface area contributed by atoms with Crippen LogP contribution in [0.4, 0.5) is 0 Å². The van der Waals surface area contributed by atoms with Gasteiger partial charge < -0.3 is 5.11 Å². The van der Waals surface area contributed by atoms with Crippen molar-refractivity contribution in [2.75, 3.05) is 0 Å². The highest BCUT2D eigenvalue weighted by Crippen LogP contribution is 2.29. The lowest BCUT2D eigenvalue weighted by Crippen LogP contribution is -2.23. The SMILES string of the molecule is CCCC(CCC)C(O)Cc1ccn(C2CCCC2)n1. The van der Waals surface area contributed by atoms with Gasteiger partial charge in [0.25, 0.3) is 0 Å². The number of nitrogens with zero attached hydrogens (tertiary/aromatic N) is 2. The standard InChI is InChI=1S/C17H30N2O/c1-3-7-14(8-4-2)17(20)13-15-11-12-19(18-15)16-9-5-6-10-16/h11-12,14,16-17,20H,3-10,13H2,1-2H3. The van der Waals surface area contributed by atoms with E-state index in [-0.39, 0.29) is 6.10 Å². The van der Waals surface area contributed by atoms with Crippen molar-refractivity contribution in [3.8, 4) is 0 Å². The molecule has 1 fully saturated rings. The lowest BCUT2D eigenvalue weighted by atomic mass is 9.90. The first kappa shape index (κ1) is 15.6. The molecule has 20 heavy (non-hydrogen) atoms. The Hall–Kier alpha value is -0.830. The van der Waals surface area contributed by atoms with Gasteiger partial charge in [0.05, 0.1) is 17.8 Å². The predicted octanol–water partition coefficient (Wildman–Crippen LogP) is 4.12. The fourth-order valence-electron chi connectivity index (χ4n) is 3.51. The number of aliphatic hydroxyl groups excluding tert-OH is 1. The maximum atomic E-state index is 10.4. The minimum atomic E-state index is -0.234. The van der Waals surface area contributed by atoms with Gasteiger partial charge in [0, 0.05) is 12.6 Å². The second kappa shape index (κ2) is 7.82. The molecule has 1 aliphatic rings. The van der Waals surface area contributed by atoms with E-state index in [0.29, 0.717) is 18.4 Å². The number of aromatic nitrogens is 2. The number of hydrogen-bond acceptors (Lipinski definition) is 2.